The van der Waals surface area contributed by atoms with Crippen LogP contribution in [0, 0.1) is 11.3 Å². The maximum Gasteiger partial charge on any atom is 0.338 e. The van der Waals surface area contributed by atoms with E-state index in [1.165, 1.54) is 48.2 Å². The molecule has 308 valence electrons. The molecule has 0 aliphatic carbocycles. The van der Waals surface area contributed by atoms with Crippen LogP contribution in [0.5, 0.6) is 5.75 Å². The zero-order chi connectivity index (χ0) is 42.8. The van der Waals surface area contributed by atoms with Crippen LogP contribution in [-0.4, -0.2) is 65.1 Å². The van der Waals surface area contributed by atoms with Crippen LogP contribution >= 0.6 is 11.6 Å². The fraction of sp³-hybridized carbons (Fsp3) is 0.261. The lowest BCUT2D eigenvalue weighted by molar-refractivity contribution is -0.169. The third kappa shape index (κ3) is 9.81. The summed E-state index contributed by atoms with van der Waals surface area (Å²) >= 11 is 6.18. The molecule has 1 aliphatic rings. The lowest BCUT2D eigenvalue weighted by Crippen LogP contribution is -2.54. The zero-order valence-corrected chi connectivity index (χ0v) is 33.9. The van der Waals surface area contributed by atoms with E-state index in [1.54, 1.807) is 25.1 Å². The van der Waals surface area contributed by atoms with Crippen LogP contribution in [0.1, 0.15) is 59.3 Å². The predicted molar refractivity (Wildman–Crippen MR) is 225 cm³/mol. The SMILES string of the molecule is CCC(C(=O)Nc1ccc(C(=O)OC[C@H](N)C(=O)OC(=O)[C@]2(Cc3ccccc3)CCCN2Cc2ccccc2)cc1)n1cc(OC)c(-c2cc(Cl)ccc2C#N)cc1=O. The van der Waals surface area contributed by atoms with Gasteiger partial charge in [-0.1, -0.05) is 79.2 Å². The van der Waals surface area contributed by atoms with Crippen molar-refractivity contribution in [2.45, 2.75) is 56.8 Å². The van der Waals surface area contributed by atoms with E-state index in [0.29, 0.717) is 53.3 Å². The summed E-state index contributed by atoms with van der Waals surface area (Å²) in [6.45, 7) is 2.32. The average molecular weight is 830 g/mol. The smallest absolute Gasteiger partial charge is 0.338 e. The maximum atomic E-state index is 13.9. The summed E-state index contributed by atoms with van der Waals surface area (Å²) in [5, 5.41) is 12.8. The number of anilines is 1. The Bertz CT molecular complexity index is 2450. The minimum absolute atomic E-state index is 0.107. The summed E-state index contributed by atoms with van der Waals surface area (Å²) in [4.78, 5) is 69.0. The van der Waals surface area contributed by atoms with Crippen LogP contribution in [0.25, 0.3) is 11.1 Å². The van der Waals surface area contributed by atoms with Gasteiger partial charge in [-0.15, -0.1) is 0 Å². The van der Waals surface area contributed by atoms with Crippen molar-refractivity contribution in [1.82, 2.24) is 9.47 Å². The van der Waals surface area contributed by atoms with E-state index < -0.39 is 53.6 Å². The van der Waals surface area contributed by atoms with E-state index >= 15 is 0 Å². The minimum Gasteiger partial charge on any atom is -0.495 e. The molecule has 3 atom stereocenters. The van der Waals surface area contributed by atoms with Gasteiger partial charge < -0.3 is 25.3 Å². The Labute approximate surface area is 352 Å². The van der Waals surface area contributed by atoms with Gasteiger partial charge in [0.15, 0.2) is 0 Å². The second-order valence-corrected chi connectivity index (χ2v) is 14.8. The monoisotopic (exact) mass is 829 g/mol. The first-order valence-electron chi connectivity index (χ1n) is 19.4. The first-order chi connectivity index (χ1) is 29.0. The third-order valence-corrected chi connectivity index (χ3v) is 10.8. The molecule has 1 aromatic heterocycles. The van der Waals surface area contributed by atoms with Gasteiger partial charge in [0.25, 0.3) is 5.56 Å². The summed E-state index contributed by atoms with van der Waals surface area (Å²) < 4.78 is 17.6. The quantitative estimate of drug-likeness (QED) is 0.0872. The Kier molecular flexibility index (Phi) is 13.9. The topological polar surface area (TPSA) is 183 Å². The molecule has 6 rings (SSSR count). The highest BCUT2D eigenvalue weighted by Crippen LogP contribution is 2.36. The number of hydrogen-bond donors (Lipinski definition) is 2. The molecule has 1 unspecified atom stereocenters. The maximum absolute atomic E-state index is 13.9. The van der Waals surface area contributed by atoms with Crippen molar-refractivity contribution >= 4 is 41.1 Å². The molecular weight excluding hydrogens is 786 g/mol. The first kappa shape index (κ1) is 43.0. The molecule has 1 fully saturated rings. The third-order valence-electron chi connectivity index (χ3n) is 10.5. The predicted octanol–water partition coefficient (Wildman–Crippen LogP) is 6.47. The van der Waals surface area contributed by atoms with E-state index in [4.69, 9.17) is 31.5 Å². The number of ether oxygens (including phenoxy) is 3. The highest BCUT2D eigenvalue weighted by atomic mass is 35.5. The minimum atomic E-state index is -1.44. The number of aromatic nitrogens is 1. The lowest BCUT2D eigenvalue weighted by atomic mass is 9.87. The Morgan fingerprint density at radius 2 is 1.62 bits per heavy atom. The van der Waals surface area contributed by atoms with Crippen LogP contribution in [0.4, 0.5) is 5.69 Å². The number of amides is 1. The summed E-state index contributed by atoms with van der Waals surface area (Å²) in [6.07, 6.45) is 3.21. The van der Waals surface area contributed by atoms with Crippen LogP contribution in [0.2, 0.25) is 5.02 Å². The van der Waals surface area contributed by atoms with Crippen molar-refractivity contribution in [2.75, 3.05) is 25.6 Å². The number of nitrogens with two attached hydrogens (primary N) is 1. The van der Waals surface area contributed by atoms with Crippen molar-refractivity contribution < 1.29 is 33.4 Å². The van der Waals surface area contributed by atoms with Crippen LogP contribution in [-0.2, 0) is 36.8 Å². The van der Waals surface area contributed by atoms with E-state index in [0.717, 1.165) is 17.5 Å². The molecule has 2 heterocycles. The van der Waals surface area contributed by atoms with Crippen LogP contribution in [0.15, 0.2) is 120 Å². The summed E-state index contributed by atoms with van der Waals surface area (Å²) in [5.41, 5.74) is 7.91. The Hall–Kier alpha value is -6.59. The van der Waals surface area contributed by atoms with Crippen molar-refractivity contribution in [3.05, 3.63) is 153 Å². The Morgan fingerprint density at radius 3 is 2.27 bits per heavy atom. The number of likely N-dealkylation sites (tertiary alicyclic amines) is 1. The van der Waals surface area contributed by atoms with Gasteiger partial charge in [0, 0.05) is 40.9 Å². The Balaban J connectivity index is 1.07. The fourth-order valence-corrected chi connectivity index (χ4v) is 7.56. The van der Waals surface area contributed by atoms with Crippen molar-refractivity contribution in [3.8, 4) is 22.9 Å². The number of hydrogen-bond acceptors (Lipinski definition) is 11. The van der Waals surface area contributed by atoms with Gasteiger partial charge in [0.2, 0.25) is 5.91 Å². The van der Waals surface area contributed by atoms with Crippen molar-refractivity contribution in [3.63, 3.8) is 0 Å². The molecule has 1 amide bonds. The van der Waals surface area contributed by atoms with Crippen LogP contribution in [0.3, 0.4) is 0 Å². The van der Waals surface area contributed by atoms with E-state index in [9.17, 15) is 29.2 Å². The standard InChI is InChI=1S/C46H44ClN5O8/c1-3-39(52-28-40(58-2)37(24-41(52)53)36-23-34(47)18-15-33(36)26-48)42(54)50-35-19-16-32(17-20-35)43(55)59-29-38(49)44(56)60-45(57)46(25-30-11-6-4-7-12-30)21-10-22-51(46)27-31-13-8-5-9-14-31/h4-9,11-20,23-24,28,38-39H,3,10,21-22,25,27,29,49H2,1-2H3,(H,50,54)/t38-,39?,46+/m0/s1. The average Bonchev–Trinajstić information content (AvgIpc) is 3.66. The Morgan fingerprint density at radius 1 is 0.933 bits per heavy atom. The number of carbonyl (C=O) groups excluding carboxylic acids is 4. The molecule has 0 radical (unpaired) electrons. The number of nitriles is 1. The number of esters is 3. The molecule has 13 nitrogen and oxygen atoms in total. The van der Waals surface area contributed by atoms with Gasteiger partial charge in [-0.05, 0) is 79.4 Å². The molecule has 14 heteroatoms. The first-order valence-corrected chi connectivity index (χ1v) is 19.8. The second-order valence-electron chi connectivity index (χ2n) is 14.4. The molecule has 0 spiro atoms. The van der Waals surface area contributed by atoms with Crippen molar-refractivity contribution in [1.29, 1.82) is 5.26 Å². The summed E-state index contributed by atoms with van der Waals surface area (Å²) in [5.74, 6) is -2.76. The van der Waals surface area contributed by atoms with Crippen molar-refractivity contribution in [2.24, 2.45) is 5.73 Å². The fourth-order valence-electron chi connectivity index (χ4n) is 7.39. The molecule has 1 aliphatic heterocycles. The highest BCUT2D eigenvalue weighted by molar-refractivity contribution is 6.31. The van der Waals surface area contributed by atoms with E-state index in [2.05, 4.69) is 16.3 Å². The normalized spacial score (nSPS) is 15.9. The summed E-state index contributed by atoms with van der Waals surface area (Å²) in [6, 6.07) is 30.8. The number of nitrogens with one attached hydrogen (secondary N) is 1. The molecule has 5 aromatic rings. The highest BCUT2D eigenvalue weighted by Gasteiger charge is 2.49. The van der Waals surface area contributed by atoms with E-state index in [-0.39, 0.29) is 17.7 Å². The molecule has 1 saturated heterocycles. The van der Waals surface area contributed by atoms with Gasteiger partial charge in [0.1, 0.15) is 30.0 Å². The molecule has 4 aromatic carbocycles. The number of carbonyl (C=O) groups is 4. The van der Waals surface area contributed by atoms with E-state index in [1.807, 2.05) is 60.7 Å². The number of halogens is 1. The molecule has 0 bridgehead atoms. The van der Waals surface area contributed by atoms with Gasteiger partial charge >= 0.3 is 17.9 Å². The number of methoxy groups -OCH3 is 1. The van der Waals surface area contributed by atoms with Crippen LogP contribution < -0.4 is 21.3 Å². The lowest BCUT2D eigenvalue weighted by Gasteiger charge is -2.36. The number of pyridine rings is 1. The largest absolute Gasteiger partial charge is 0.495 e. The van der Waals surface area contributed by atoms with Gasteiger partial charge in [0.05, 0.1) is 30.5 Å². The summed E-state index contributed by atoms with van der Waals surface area (Å²) in [7, 11) is 1.41. The van der Waals surface area contributed by atoms with Gasteiger partial charge in [-0.2, -0.15) is 5.26 Å². The zero-order valence-electron chi connectivity index (χ0n) is 33.1. The molecular formula is C46H44ClN5O8. The number of rotatable bonds is 15. The number of benzene rings is 4. The van der Waals surface area contributed by atoms with Gasteiger partial charge in [-0.25, -0.2) is 14.4 Å². The molecule has 0 saturated carbocycles. The van der Waals surface area contributed by atoms with Gasteiger partial charge in [-0.3, -0.25) is 19.1 Å². The number of nitrogens with zero attached hydrogens (tertiary/aromatic N) is 3. The molecule has 60 heavy (non-hydrogen) atoms. The molecule has 3 N–H and O–H groups in total. The second kappa shape index (κ2) is 19.4.